The van der Waals surface area contributed by atoms with Crippen molar-refractivity contribution in [2.24, 2.45) is 23.7 Å². The first-order valence-electron chi connectivity index (χ1n) is 23.8. The maximum absolute atomic E-state index is 11.9. The van der Waals surface area contributed by atoms with Crippen LogP contribution < -0.4 is 16.0 Å². The summed E-state index contributed by atoms with van der Waals surface area (Å²) in [5.74, 6) is -0.757. The van der Waals surface area contributed by atoms with Crippen molar-refractivity contribution >= 4 is 17.9 Å². The average molecular weight is 927 g/mol. The van der Waals surface area contributed by atoms with Crippen molar-refractivity contribution in [1.29, 1.82) is 0 Å². The third-order valence-corrected chi connectivity index (χ3v) is 11.5. The lowest BCUT2D eigenvalue weighted by Gasteiger charge is -2.19. The highest BCUT2D eigenvalue weighted by atomic mass is 16.9. The number of allylic oxidation sites excluding steroid dienone is 4. The predicted octanol–water partition coefficient (Wildman–Crippen LogP) is 4.08. The van der Waals surface area contributed by atoms with E-state index in [1.165, 1.54) is 0 Å². The van der Waals surface area contributed by atoms with Crippen LogP contribution in [0.2, 0.25) is 0 Å². The van der Waals surface area contributed by atoms with Crippen LogP contribution in [0, 0.1) is 33.8 Å². The Morgan fingerprint density at radius 1 is 0.662 bits per heavy atom. The zero-order valence-corrected chi connectivity index (χ0v) is 38.8. The SMILES string of the molecule is CCCCC[C@H](O)/C=C/[C@@H]1[C@@H](C/C=C\CCCC(=O)NCCO)[C@@H](O)C[C@H]1O.CCCCC[C@H](O)/C=C/[C@@H]1[C@@H](C/C=C\CCCC(=O)NCCOC(=O)NCCO[N+](=O)[O-])[C@@H](O)C[C@H]1O. The summed E-state index contributed by atoms with van der Waals surface area (Å²) in [6, 6.07) is 0. The third-order valence-electron chi connectivity index (χ3n) is 11.5. The number of hydrogen-bond acceptors (Lipinski definition) is 14. The normalized spacial score (nSPS) is 24.0. The van der Waals surface area contributed by atoms with E-state index in [1.807, 2.05) is 36.5 Å². The van der Waals surface area contributed by atoms with Gasteiger partial charge in [0, 0.05) is 50.6 Å². The van der Waals surface area contributed by atoms with E-state index in [0.717, 1.165) is 57.8 Å². The summed E-state index contributed by atoms with van der Waals surface area (Å²) in [4.78, 5) is 48.7. The molecule has 0 bridgehead atoms. The van der Waals surface area contributed by atoms with Gasteiger partial charge >= 0.3 is 6.09 Å². The van der Waals surface area contributed by atoms with Gasteiger partial charge in [0.1, 0.15) is 13.2 Å². The molecule has 2 fully saturated rings. The molecule has 0 aromatic heterocycles. The molecule has 0 unspecified atom stereocenters. The molecule has 2 rings (SSSR count). The van der Waals surface area contributed by atoms with Crippen molar-refractivity contribution in [3.8, 4) is 0 Å². The third kappa shape index (κ3) is 28.7. The molecular weight excluding hydrogens is 845 g/mol. The van der Waals surface area contributed by atoms with Crippen LogP contribution in [0.1, 0.15) is 129 Å². The van der Waals surface area contributed by atoms with E-state index in [-0.39, 0.29) is 68.4 Å². The number of unbranched alkanes of at least 4 members (excludes halogenated alkanes) is 6. The number of aliphatic hydroxyl groups is 7. The molecule has 65 heavy (non-hydrogen) atoms. The lowest BCUT2D eigenvalue weighted by molar-refractivity contribution is -0.757. The highest BCUT2D eigenvalue weighted by Crippen LogP contribution is 2.37. The Morgan fingerprint density at radius 3 is 1.57 bits per heavy atom. The maximum Gasteiger partial charge on any atom is 0.407 e. The smallest absolute Gasteiger partial charge is 0.407 e. The Morgan fingerprint density at radius 2 is 1.12 bits per heavy atom. The summed E-state index contributed by atoms with van der Waals surface area (Å²) in [6.07, 6.45) is 24.3. The summed E-state index contributed by atoms with van der Waals surface area (Å²) in [5, 5.41) is 86.6. The molecule has 2 aliphatic carbocycles. The number of nitrogens with zero attached hydrogens (tertiary/aromatic N) is 1. The minimum atomic E-state index is -0.957. The van der Waals surface area contributed by atoms with E-state index in [4.69, 9.17) is 9.84 Å². The number of rotatable bonds is 33. The van der Waals surface area contributed by atoms with E-state index in [0.29, 0.717) is 64.3 Å². The molecular formula is C47H82N4O14. The van der Waals surface area contributed by atoms with Gasteiger partial charge in [0.2, 0.25) is 11.8 Å². The number of ether oxygens (including phenoxy) is 1. The number of amides is 3. The second kappa shape index (κ2) is 37.2. The van der Waals surface area contributed by atoms with E-state index in [2.05, 4.69) is 34.6 Å². The van der Waals surface area contributed by atoms with Crippen LogP contribution in [0.15, 0.2) is 48.6 Å². The summed E-state index contributed by atoms with van der Waals surface area (Å²) < 4.78 is 4.82. The van der Waals surface area contributed by atoms with Crippen molar-refractivity contribution in [1.82, 2.24) is 16.0 Å². The van der Waals surface area contributed by atoms with E-state index >= 15 is 0 Å². The molecule has 0 radical (unpaired) electrons. The summed E-state index contributed by atoms with van der Waals surface area (Å²) in [7, 11) is 0. The minimum absolute atomic E-state index is 0.0332. The molecule has 10 N–H and O–H groups in total. The van der Waals surface area contributed by atoms with E-state index in [9.17, 15) is 55.1 Å². The molecule has 0 heterocycles. The molecule has 374 valence electrons. The van der Waals surface area contributed by atoms with Gasteiger partial charge in [0.15, 0.2) is 0 Å². The number of aliphatic hydroxyl groups excluding tert-OH is 7. The molecule has 3 amide bonds. The van der Waals surface area contributed by atoms with Gasteiger partial charge in [-0.05, 0) is 63.2 Å². The molecule has 0 spiro atoms. The van der Waals surface area contributed by atoms with Crippen molar-refractivity contribution in [2.75, 3.05) is 39.5 Å². The molecule has 18 heteroatoms. The first kappa shape index (κ1) is 59.1. The van der Waals surface area contributed by atoms with Gasteiger partial charge in [-0.3, -0.25) is 9.59 Å². The van der Waals surface area contributed by atoms with Crippen LogP contribution in [0.4, 0.5) is 4.79 Å². The first-order valence-corrected chi connectivity index (χ1v) is 23.8. The highest BCUT2D eigenvalue weighted by molar-refractivity contribution is 5.76. The van der Waals surface area contributed by atoms with Gasteiger partial charge in [-0.2, -0.15) is 0 Å². The summed E-state index contributed by atoms with van der Waals surface area (Å²) in [5.41, 5.74) is 0. The van der Waals surface area contributed by atoms with Crippen molar-refractivity contribution in [3.05, 3.63) is 58.7 Å². The zero-order chi connectivity index (χ0) is 48.2. The zero-order valence-electron chi connectivity index (χ0n) is 38.8. The van der Waals surface area contributed by atoms with Crippen LogP contribution in [-0.4, -0.2) is 135 Å². The van der Waals surface area contributed by atoms with Crippen molar-refractivity contribution < 1.29 is 64.8 Å². The highest BCUT2D eigenvalue weighted by Gasteiger charge is 2.40. The number of nitrogens with one attached hydrogen (secondary N) is 3. The molecule has 0 aromatic rings. The van der Waals surface area contributed by atoms with Crippen LogP contribution in [0.3, 0.4) is 0 Å². The predicted molar refractivity (Wildman–Crippen MR) is 246 cm³/mol. The molecule has 0 saturated heterocycles. The second-order valence-corrected chi connectivity index (χ2v) is 16.9. The van der Waals surface area contributed by atoms with Crippen LogP contribution >= 0.6 is 0 Å². The fourth-order valence-electron chi connectivity index (χ4n) is 7.86. The molecule has 0 aliphatic heterocycles. The Kier molecular flexibility index (Phi) is 33.8. The van der Waals surface area contributed by atoms with Crippen molar-refractivity contribution in [3.63, 3.8) is 0 Å². The first-order chi connectivity index (χ1) is 31.2. The molecule has 18 nitrogen and oxygen atoms in total. The van der Waals surface area contributed by atoms with Gasteiger partial charge in [0.05, 0.1) is 49.8 Å². The molecule has 2 saturated carbocycles. The van der Waals surface area contributed by atoms with Gasteiger partial charge in [-0.1, -0.05) is 101 Å². The maximum atomic E-state index is 11.9. The number of hydrogen-bond donors (Lipinski definition) is 10. The molecule has 0 aromatic carbocycles. The number of carbonyl (C=O) groups is 3. The Bertz CT molecular complexity index is 1410. The van der Waals surface area contributed by atoms with E-state index in [1.54, 1.807) is 12.2 Å². The van der Waals surface area contributed by atoms with Gasteiger partial charge < -0.3 is 61.3 Å². The van der Waals surface area contributed by atoms with Crippen LogP contribution in [0.5, 0.6) is 0 Å². The quantitative estimate of drug-likeness (QED) is 0.0192. The number of alkyl carbamates (subject to hydrolysis) is 1. The fraction of sp³-hybridized carbons (Fsp3) is 0.766. The van der Waals surface area contributed by atoms with E-state index < -0.39 is 47.8 Å². The Labute approximate surface area is 385 Å². The van der Waals surface area contributed by atoms with Crippen LogP contribution in [-0.2, 0) is 19.2 Å². The lowest BCUT2D eigenvalue weighted by atomic mass is 9.89. The largest absolute Gasteiger partial charge is 0.448 e. The minimum Gasteiger partial charge on any atom is -0.448 e. The Balaban J connectivity index is 0.000000675. The second-order valence-electron chi connectivity index (χ2n) is 16.9. The monoisotopic (exact) mass is 927 g/mol. The standard InChI is InChI=1S/C25H43N3O9.C22H39NO5/c1-2-3-6-9-19(29)12-13-21-20(22(30)18-23(21)31)10-7-4-5-8-11-24(32)26-14-16-36-25(33)27-15-17-37-28(34)35;1-2-3-6-9-17(25)12-13-19-18(20(26)16-21(19)27)10-7-4-5-8-11-22(28)23-14-15-24/h4,7,12-13,19-23,29-31H,2-3,5-6,8-11,14-18H2,1H3,(H,26,32)(H,27,33);4,7,12-13,17-21,24-27H,2-3,5-6,8-11,14-16H2,1H3,(H,23,28)/b2*7-4-,13-12+/t19-,20+,21+,22-,23+;17-,18+,19+,20-,21+/m00/s1. The van der Waals surface area contributed by atoms with Crippen molar-refractivity contribution in [2.45, 2.75) is 166 Å². The van der Waals surface area contributed by atoms with Crippen LogP contribution in [0.25, 0.3) is 0 Å². The molecule has 10 atom stereocenters. The fourth-order valence-corrected chi connectivity index (χ4v) is 7.86. The Hall–Kier alpha value is -3.91. The number of carbonyl (C=O) groups excluding carboxylic acids is 3. The molecule has 2 aliphatic rings. The van der Waals surface area contributed by atoms with Gasteiger partial charge in [0.25, 0.3) is 5.09 Å². The summed E-state index contributed by atoms with van der Waals surface area (Å²) in [6.45, 7) is 4.25. The topological polar surface area (TPSA) is 291 Å². The van der Waals surface area contributed by atoms with Gasteiger partial charge in [-0.15, -0.1) is 10.1 Å². The lowest BCUT2D eigenvalue weighted by Crippen LogP contribution is -2.32. The van der Waals surface area contributed by atoms with Gasteiger partial charge in [-0.25, -0.2) is 4.79 Å². The average Bonchev–Trinajstić information content (AvgIpc) is 3.70. The summed E-state index contributed by atoms with van der Waals surface area (Å²) >= 11 is 0.